The SMILES string of the molecule is Cc1c2c(=O)ccoc2nn1C. The second-order valence-corrected chi connectivity index (χ2v) is 2.67. The summed E-state index contributed by atoms with van der Waals surface area (Å²) in [7, 11) is 1.78. The topological polar surface area (TPSA) is 48.0 Å². The fraction of sp³-hybridized carbons (Fsp3) is 0.250. The Hall–Kier alpha value is -1.58. The molecule has 0 saturated carbocycles. The van der Waals surface area contributed by atoms with Gasteiger partial charge in [0.1, 0.15) is 5.39 Å². The third-order valence-corrected chi connectivity index (χ3v) is 1.95. The molecule has 0 unspecified atom stereocenters. The minimum atomic E-state index is -0.0400. The standard InChI is InChI=1S/C8H8N2O2/c1-5-7-6(11)3-4-12-8(7)9-10(5)2/h3-4H,1-2H3. The van der Waals surface area contributed by atoms with E-state index in [1.807, 2.05) is 6.92 Å². The lowest BCUT2D eigenvalue weighted by molar-refractivity contribution is 0.577. The molecule has 0 atom stereocenters. The highest BCUT2D eigenvalue weighted by molar-refractivity contribution is 5.75. The monoisotopic (exact) mass is 164 g/mol. The zero-order chi connectivity index (χ0) is 8.72. The Kier molecular flexibility index (Phi) is 1.30. The van der Waals surface area contributed by atoms with Crippen LogP contribution in [0.2, 0.25) is 0 Å². The molecule has 2 aromatic rings. The fourth-order valence-corrected chi connectivity index (χ4v) is 1.19. The molecule has 0 spiro atoms. The predicted octanol–water partition coefficient (Wildman–Crippen LogP) is 0.835. The van der Waals surface area contributed by atoms with Gasteiger partial charge in [-0.1, -0.05) is 0 Å². The van der Waals surface area contributed by atoms with Crippen LogP contribution in [-0.2, 0) is 7.05 Å². The zero-order valence-electron chi connectivity index (χ0n) is 6.87. The summed E-state index contributed by atoms with van der Waals surface area (Å²) in [5.74, 6) is 0. The molecule has 2 rings (SSSR count). The van der Waals surface area contributed by atoms with Crippen molar-refractivity contribution in [3.63, 3.8) is 0 Å². The van der Waals surface area contributed by atoms with Crippen molar-refractivity contribution in [2.24, 2.45) is 7.05 Å². The first kappa shape index (κ1) is 7.09. The molecule has 0 radical (unpaired) electrons. The van der Waals surface area contributed by atoms with Crippen molar-refractivity contribution >= 4 is 11.1 Å². The van der Waals surface area contributed by atoms with Crippen molar-refractivity contribution in [2.75, 3.05) is 0 Å². The molecule has 2 aromatic heterocycles. The minimum Gasteiger partial charge on any atom is -0.445 e. The van der Waals surface area contributed by atoms with Gasteiger partial charge >= 0.3 is 0 Å². The van der Waals surface area contributed by atoms with E-state index in [1.165, 1.54) is 12.3 Å². The van der Waals surface area contributed by atoms with Crippen molar-refractivity contribution in [3.8, 4) is 0 Å². The van der Waals surface area contributed by atoms with Gasteiger partial charge in [0.15, 0.2) is 5.43 Å². The molecule has 0 N–H and O–H groups in total. The van der Waals surface area contributed by atoms with E-state index in [2.05, 4.69) is 5.10 Å². The van der Waals surface area contributed by atoms with Crippen LogP contribution < -0.4 is 5.43 Å². The van der Waals surface area contributed by atoms with Gasteiger partial charge in [-0.2, -0.15) is 0 Å². The lowest BCUT2D eigenvalue weighted by Crippen LogP contribution is -1.98. The van der Waals surface area contributed by atoms with E-state index >= 15 is 0 Å². The van der Waals surface area contributed by atoms with Crippen LogP contribution in [0.3, 0.4) is 0 Å². The van der Waals surface area contributed by atoms with Crippen molar-refractivity contribution in [1.29, 1.82) is 0 Å². The molecule has 0 fully saturated rings. The molecule has 0 aliphatic heterocycles. The Labute approximate surface area is 68.4 Å². The lowest BCUT2D eigenvalue weighted by Gasteiger charge is -1.88. The van der Waals surface area contributed by atoms with Gasteiger partial charge in [0.25, 0.3) is 0 Å². The van der Waals surface area contributed by atoms with Crippen molar-refractivity contribution < 1.29 is 4.42 Å². The lowest BCUT2D eigenvalue weighted by atomic mass is 10.3. The molecule has 0 saturated heterocycles. The third kappa shape index (κ3) is 0.777. The van der Waals surface area contributed by atoms with Gasteiger partial charge in [0, 0.05) is 13.1 Å². The van der Waals surface area contributed by atoms with Crippen molar-refractivity contribution in [2.45, 2.75) is 6.92 Å². The summed E-state index contributed by atoms with van der Waals surface area (Å²) in [6.07, 6.45) is 1.36. The van der Waals surface area contributed by atoms with Crippen LogP contribution in [-0.4, -0.2) is 9.78 Å². The molecular formula is C8H8N2O2. The second kappa shape index (κ2) is 2.20. The van der Waals surface area contributed by atoms with E-state index < -0.39 is 0 Å². The Morgan fingerprint density at radius 3 is 3.00 bits per heavy atom. The van der Waals surface area contributed by atoms with Crippen LogP contribution in [0.4, 0.5) is 0 Å². The average molecular weight is 164 g/mol. The number of hydrogen-bond donors (Lipinski definition) is 0. The molecule has 0 amide bonds. The van der Waals surface area contributed by atoms with E-state index in [1.54, 1.807) is 11.7 Å². The second-order valence-electron chi connectivity index (χ2n) is 2.67. The normalized spacial score (nSPS) is 10.8. The van der Waals surface area contributed by atoms with Gasteiger partial charge < -0.3 is 4.42 Å². The summed E-state index contributed by atoms with van der Waals surface area (Å²) in [4.78, 5) is 11.3. The summed E-state index contributed by atoms with van der Waals surface area (Å²) in [5.41, 5.74) is 1.20. The molecule has 4 nitrogen and oxygen atoms in total. The molecular weight excluding hydrogens is 156 g/mol. The predicted molar refractivity (Wildman–Crippen MR) is 44.0 cm³/mol. The smallest absolute Gasteiger partial charge is 0.249 e. The van der Waals surface area contributed by atoms with Gasteiger partial charge in [-0.15, -0.1) is 5.10 Å². The maximum atomic E-state index is 11.3. The van der Waals surface area contributed by atoms with Crippen LogP contribution in [0.1, 0.15) is 5.69 Å². The summed E-state index contributed by atoms with van der Waals surface area (Å²) < 4.78 is 6.70. The molecule has 0 aliphatic carbocycles. The highest BCUT2D eigenvalue weighted by atomic mass is 16.3. The average Bonchev–Trinajstić information content (AvgIpc) is 2.29. The Balaban J connectivity index is 3.07. The van der Waals surface area contributed by atoms with Gasteiger partial charge in [0.05, 0.1) is 12.0 Å². The van der Waals surface area contributed by atoms with E-state index in [-0.39, 0.29) is 5.43 Å². The quantitative estimate of drug-likeness (QED) is 0.579. The minimum absolute atomic E-state index is 0.0400. The van der Waals surface area contributed by atoms with Crippen LogP contribution in [0, 0.1) is 6.92 Å². The van der Waals surface area contributed by atoms with Crippen molar-refractivity contribution in [3.05, 3.63) is 28.2 Å². The summed E-state index contributed by atoms with van der Waals surface area (Å²) in [6.45, 7) is 1.84. The highest BCUT2D eigenvalue weighted by Gasteiger charge is 2.08. The number of rotatable bonds is 0. The van der Waals surface area contributed by atoms with Crippen LogP contribution in [0.15, 0.2) is 21.5 Å². The molecule has 0 bridgehead atoms. The number of hydrogen-bond acceptors (Lipinski definition) is 3. The van der Waals surface area contributed by atoms with Crippen molar-refractivity contribution in [1.82, 2.24) is 9.78 Å². The number of fused-ring (bicyclic) bond motifs is 1. The number of aryl methyl sites for hydroxylation is 2. The summed E-state index contributed by atoms with van der Waals surface area (Å²) >= 11 is 0. The first-order valence-electron chi connectivity index (χ1n) is 3.61. The zero-order valence-corrected chi connectivity index (χ0v) is 6.87. The van der Waals surface area contributed by atoms with Gasteiger partial charge in [-0.05, 0) is 6.92 Å². The molecule has 0 aromatic carbocycles. The van der Waals surface area contributed by atoms with Gasteiger partial charge in [0.2, 0.25) is 5.71 Å². The molecule has 0 aliphatic rings. The van der Waals surface area contributed by atoms with E-state index in [9.17, 15) is 4.79 Å². The third-order valence-electron chi connectivity index (χ3n) is 1.95. The van der Waals surface area contributed by atoms with Crippen LogP contribution in [0.25, 0.3) is 11.1 Å². The molecule has 12 heavy (non-hydrogen) atoms. The largest absolute Gasteiger partial charge is 0.445 e. The number of nitrogens with zero attached hydrogens (tertiary/aromatic N) is 2. The van der Waals surface area contributed by atoms with Crippen LogP contribution in [0.5, 0.6) is 0 Å². The van der Waals surface area contributed by atoms with E-state index in [0.717, 1.165) is 5.69 Å². The van der Waals surface area contributed by atoms with E-state index in [0.29, 0.717) is 11.1 Å². The maximum absolute atomic E-state index is 11.3. The van der Waals surface area contributed by atoms with Crippen LogP contribution >= 0.6 is 0 Å². The highest BCUT2D eigenvalue weighted by Crippen LogP contribution is 2.10. The number of aromatic nitrogens is 2. The maximum Gasteiger partial charge on any atom is 0.249 e. The Morgan fingerprint density at radius 1 is 1.58 bits per heavy atom. The van der Waals surface area contributed by atoms with Gasteiger partial charge in [-0.25, -0.2) is 0 Å². The van der Waals surface area contributed by atoms with Gasteiger partial charge in [-0.3, -0.25) is 9.48 Å². The fourth-order valence-electron chi connectivity index (χ4n) is 1.19. The Morgan fingerprint density at radius 2 is 2.33 bits per heavy atom. The Bertz CT molecular complexity index is 481. The molecule has 2 heterocycles. The summed E-state index contributed by atoms with van der Waals surface area (Å²) in [5, 5.41) is 4.59. The first-order chi connectivity index (χ1) is 5.70. The molecule has 4 heteroatoms. The summed E-state index contributed by atoms with van der Waals surface area (Å²) in [6, 6.07) is 1.40. The first-order valence-corrected chi connectivity index (χ1v) is 3.61. The van der Waals surface area contributed by atoms with E-state index in [4.69, 9.17) is 4.42 Å². The molecule has 62 valence electrons.